The van der Waals surface area contributed by atoms with Crippen molar-refractivity contribution in [2.45, 2.75) is 58.9 Å². The number of rotatable bonds is 5. The van der Waals surface area contributed by atoms with E-state index in [-0.39, 0.29) is 17.9 Å². The van der Waals surface area contributed by atoms with Crippen molar-refractivity contribution in [2.75, 3.05) is 19.7 Å². The standard InChI is InChI=1S/C16H30N2O4S/c1-4-22-16(19)14-8-10-18(11-9-14)23(20,21)17-15-7-5-6-12(2)13(15)3/h12-15,17H,4-11H2,1-3H3. The molecule has 1 aliphatic carbocycles. The summed E-state index contributed by atoms with van der Waals surface area (Å²) in [6.07, 6.45) is 4.23. The third-order valence-corrected chi connectivity index (χ3v) is 7.07. The molecule has 2 rings (SSSR count). The van der Waals surface area contributed by atoms with Crippen molar-refractivity contribution in [3.05, 3.63) is 0 Å². The van der Waals surface area contributed by atoms with Crippen LogP contribution in [0.2, 0.25) is 0 Å². The molecule has 23 heavy (non-hydrogen) atoms. The van der Waals surface area contributed by atoms with Gasteiger partial charge in [0.25, 0.3) is 10.2 Å². The summed E-state index contributed by atoms with van der Waals surface area (Å²) >= 11 is 0. The van der Waals surface area contributed by atoms with E-state index >= 15 is 0 Å². The summed E-state index contributed by atoms with van der Waals surface area (Å²) in [4.78, 5) is 11.7. The predicted octanol–water partition coefficient (Wildman–Crippen LogP) is 1.92. The minimum Gasteiger partial charge on any atom is -0.466 e. The molecule has 134 valence electrons. The Balaban J connectivity index is 1.90. The summed E-state index contributed by atoms with van der Waals surface area (Å²) in [7, 11) is -3.47. The van der Waals surface area contributed by atoms with Gasteiger partial charge < -0.3 is 4.74 Å². The quantitative estimate of drug-likeness (QED) is 0.772. The van der Waals surface area contributed by atoms with E-state index in [9.17, 15) is 13.2 Å². The van der Waals surface area contributed by atoms with Crippen molar-refractivity contribution in [3.8, 4) is 0 Å². The van der Waals surface area contributed by atoms with Gasteiger partial charge in [-0.3, -0.25) is 4.79 Å². The number of piperidine rings is 1. The summed E-state index contributed by atoms with van der Waals surface area (Å²) in [6.45, 7) is 7.25. The molecule has 2 fully saturated rings. The van der Waals surface area contributed by atoms with Crippen LogP contribution in [-0.4, -0.2) is 44.4 Å². The number of nitrogens with zero attached hydrogens (tertiary/aromatic N) is 1. The van der Waals surface area contributed by atoms with Gasteiger partial charge in [0.1, 0.15) is 0 Å². The second-order valence-corrected chi connectivity index (χ2v) is 8.62. The molecule has 1 heterocycles. The summed E-state index contributed by atoms with van der Waals surface area (Å²) < 4.78 is 34.6. The van der Waals surface area contributed by atoms with Crippen LogP contribution in [0.3, 0.4) is 0 Å². The van der Waals surface area contributed by atoms with Crippen molar-refractivity contribution >= 4 is 16.2 Å². The number of carbonyl (C=O) groups is 1. The minimum atomic E-state index is -3.47. The maximum absolute atomic E-state index is 12.6. The molecule has 0 radical (unpaired) electrons. The molecule has 6 nitrogen and oxygen atoms in total. The SMILES string of the molecule is CCOC(=O)C1CCN(S(=O)(=O)NC2CCCC(C)C2C)CC1. The zero-order valence-corrected chi connectivity index (χ0v) is 15.3. The molecule has 0 spiro atoms. The van der Waals surface area contributed by atoms with E-state index in [4.69, 9.17) is 4.74 Å². The van der Waals surface area contributed by atoms with Gasteiger partial charge in [-0.2, -0.15) is 17.4 Å². The lowest BCUT2D eigenvalue weighted by Crippen LogP contribution is -2.51. The number of esters is 1. The Hall–Kier alpha value is -0.660. The molecule has 1 saturated carbocycles. The normalized spacial score (nSPS) is 31.0. The van der Waals surface area contributed by atoms with Crippen molar-refractivity contribution in [2.24, 2.45) is 17.8 Å². The average Bonchev–Trinajstić information content (AvgIpc) is 2.52. The van der Waals surface area contributed by atoms with Gasteiger partial charge in [0, 0.05) is 19.1 Å². The fourth-order valence-corrected chi connectivity index (χ4v) is 5.16. The molecular weight excluding hydrogens is 316 g/mol. The molecular formula is C16H30N2O4S. The first-order valence-corrected chi connectivity index (χ1v) is 10.2. The first kappa shape index (κ1) is 18.7. The summed E-state index contributed by atoms with van der Waals surface area (Å²) in [5.41, 5.74) is 0. The molecule has 1 N–H and O–H groups in total. The number of ether oxygens (including phenoxy) is 1. The van der Waals surface area contributed by atoms with Gasteiger partial charge in [-0.15, -0.1) is 0 Å². The Kier molecular flexibility index (Phi) is 6.45. The topological polar surface area (TPSA) is 75.7 Å². The molecule has 3 unspecified atom stereocenters. The maximum atomic E-state index is 12.6. The van der Waals surface area contributed by atoms with Gasteiger partial charge in [0.15, 0.2) is 0 Å². The van der Waals surface area contributed by atoms with Gasteiger partial charge in [-0.05, 0) is 38.0 Å². The van der Waals surface area contributed by atoms with Crippen LogP contribution >= 0.6 is 0 Å². The maximum Gasteiger partial charge on any atom is 0.309 e. The lowest BCUT2D eigenvalue weighted by molar-refractivity contribution is -0.149. The molecule has 3 atom stereocenters. The average molecular weight is 346 g/mol. The molecule has 7 heteroatoms. The summed E-state index contributed by atoms with van der Waals surface area (Å²) in [6, 6.07) is 0.0199. The van der Waals surface area contributed by atoms with Crippen LogP contribution in [0.1, 0.15) is 52.9 Å². The fourth-order valence-electron chi connectivity index (χ4n) is 3.61. The highest BCUT2D eigenvalue weighted by atomic mass is 32.2. The highest BCUT2D eigenvalue weighted by Crippen LogP contribution is 2.30. The summed E-state index contributed by atoms with van der Waals surface area (Å²) in [5, 5.41) is 0. The molecule has 0 aromatic heterocycles. The molecule has 1 saturated heterocycles. The number of hydrogen-bond donors (Lipinski definition) is 1. The smallest absolute Gasteiger partial charge is 0.309 e. The van der Waals surface area contributed by atoms with Crippen molar-refractivity contribution in [1.82, 2.24) is 9.03 Å². The first-order chi connectivity index (χ1) is 10.8. The minimum absolute atomic E-state index is 0.0199. The Morgan fingerprint density at radius 2 is 1.83 bits per heavy atom. The summed E-state index contributed by atoms with van der Waals surface area (Å²) in [5.74, 6) is 0.531. The highest BCUT2D eigenvalue weighted by Gasteiger charge is 2.35. The van der Waals surface area contributed by atoms with Crippen LogP contribution in [0.5, 0.6) is 0 Å². The van der Waals surface area contributed by atoms with Crippen LogP contribution < -0.4 is 4.72 Å². The van der Waals surface area contributed by atoms with Gasteiger partial charge in [0.2, 0.25) is 0 Å². The van der Waals surface area contributed by atoms with Crippen LogP contribution in [0.15, 0.2) is 0 Å². The Morgan fingerprint density at radius 3 is 2.43 bits per heavy atom. The van der Waals surface area contributed by atoms with E-state index in [0.717, 1.165) is 12.8 Å². The zero-order chi connectivity index (χ0) is 17.0. The predicted molar refractivity (Wildman–Crippen MR) is 89.0 cm³/mol. The fraction of sp³-hybridized carbons (Fsp3) is 0.938. The van der Waals surface area contributed by atoms with Gasteiger partial charge in [-0.1, -0.05) is 26.7 Å². The molecule has 0 amide bonds. The first-order valence-electron chi connectivity index (χ1n) is 8.79. The molecule has 0 bridgehead atoms. The van der Waals surface area contributed by atoms with Crippen LogP contribution in [0.4, 0.5) is 0 Å². The number of hydrogen-bond acceptors (Lipinski definition) is 4. The molecule has 0 aromatic rings. The lowest BCUT2D eigenvalue weighted by atomic mass is 9.78. The van der Waals surface area contributed by atoms with E-state index in [1.807, 2.05) is 0 Å². The molecule has 0 aromatic carbocycles. The monoisotopic (exact) mass is 346 g/mol. The van der Waals surface area contributed by atoms with Gasteiger partial charge in [0.05, 0.1) is 12.5 Å². The van der Waals surface area contributed by atoms with Crippen molar-refractivity contribution in [1.29, 1.82) is 0 Å². The van der Waals surface area contributed by atoms with E-state index in [1.165, 1.54) is 10.7 Å². The second kappa shape index (κ2) is 7.94. The van der Waals surface area contributed by atoms with Gasteiger partial charge >= 0.3 is 5.97 Å². The van der Waals surface area contributed by atoms with E-state index in [2.05, 4.69) is 18.6 Å². The third kappa shape index (κ3) is 4.67. The van der Waals surface area contributed by atoms with Crippen LogP contribution in [-0.2, 0) is 19.7 Å². The Morgan fingerprint density at radius 1 is 1.17 bits per heavy atom. The zero-order valence-electron chi connectivity index (χ0n) is 14.5. The Labute approximate surface area is 140 Å². The largest absolute Gasteiger partial charge is 0.466 e. The van der Waals surface area contributed by atoms with Crippen LogP contribution in [0.25, 0.3) is 0 Å². The van der Waals surface area contributed by atoms with Crippen molar-refractivity contribution < 1.29 is 17.9 Å². The third-order valence-electron chi connectivity index (χ3n) is 5.42. The van der Waals surface area contributed by atoms with Crippen molar-refractivity contribution in [3.63, 3.8) is 0 Å². The lowest BCUT2D eigenvalue weighted by Gasteiger charge is -2.37. The van der Waals surface area contributed by atoms with Gasteiger partial charge in [-0.25, -0.2) is 0 Å². The second-order valence-electron chi connectivity index (χ2n) is 6.92. The van der Waals surface area contributed by atoms with E-state index in [0.29, 0.717) is 44.4 Å². The number of nitrogens with one attached hydrogen (secondary N) is 1. The molecule has 1 aliphatic heterocycles. The molecule has 2 aliphatic rings. The highest BCUT2D eigenvalue weighted by molar-refractivity contribution is 7.87. The van der Waals surface area contributed by atoms with E-state index < -0.39 is 10.2 Å². The van der Waals surface area contributed by atoms with E-state index in [1.54, 1.807) is 6.92 Å². The Bertz CT molecular complexity index is 500. The number of carbonyl (C=O) groups excluding carboxylic acids is 1. The van der Waals surface area contributed by atoms with Crippen LogP contribution in [0, 0.1) is 17.8 Å².